The maximum absolute atomic E-state index is 15.0. The van der Waals surface area contributed by atoms with Crippen molar-refractivity contribution in [1.29, 1.82) is 0 Å². The van der Waals surface area contributed by atoms with E-state index in [1.54, 1.807) is 53.4 Å². The van der Waals surface area contributed by atoms with Crippen molar-refractivity contribution in [3.05, 3.63) is 108 Å². The van der Waals surface area contributed by atoms with Crippen LogP contribution in [0.25, 0.3) is 11.1 Å². The Hall–Kier alpha value is -4.99. The first kappa shape index (κ1) is 26.2. The molecule has 0 saturated carbocycles. The molecule has 2 N–H and O–H groups in total. The largest absolute Gasteiger partial charge is 0.486 e. The normalized spacial score (nSPS) is 18.9. The molecule has 10 heteroatoms. The highest BCUT2D eigenvalue weighted by Gasteiger charge is 2.37. The Morgan fingerprint density at radius 3 is 2.54 bits per heavy atom. The molecule has 4 heterocycles. The van der Waals surface area contributed by atoms with Crippen molar-refractivity contribution in [2.75, 3.05) is 24.6 Å². The fraction of sp³-hybridized carbons (Fsp3) is 0.194. The molecule has 3 aliphatic rings. The average Bonchev–Trinajstić information content (AvgIpc) is 3.37. The van der Waals surface area contributed by atoms with Crippen LogP contribution in [-0.4, -0.2) is 48.6 Å². The van der Waals surface area contributed by atoms with Gasteiger partial charge in [-0.15, -0.1) is 0 Å². The maximum atomic E-state index is 15.0. The Kier molecular flexibility index (Phi) is 7.20. The topological polar surface area (TPSA) is 92.8 Å². The SMILES string of the molecule is O=C1COc2cccc(c2)-c2ccc(F)c(c2)C(=O)N[C@H]2CN(c3ccncc3F)C[C@@H]2Oc2ccc(cc2)CN1. The highest BCUT2D eigenvalue weighted by atomic mass is 19.1. The molecule has 208 valence electrons. The third kappa shape index (κ3) is 5.81. The Morgan fingerprint density at radius 1 is 0.878 bits per heavy atom. The second kappa shape index (κ2) is 11.2. The van der Waals surface area contributed by atoms with Gasteiger partial charge in [0.2, 0.25) is 0 Å². The summed E-state index contributed by atoms with van der Waals surface area (Å²) in [7, 11) is 0. The number of carbonyl (C=O) groups excluding carboxylic acids is 2. The number of ether oxygens (including phenoxy) is 2. The van der Waals surface area contributed by atoms with Gasteiger partial charge in [-0.3, -0.25) is 14.6 Å². The second-order valence-electron chi connectivity index (χ2n) is 9.90. The number of carbonyl (C=O) groups is 2. The molecule has 0 radical (unpaired) electrons. The molecule has 0 unspecified atom stereocenters. The van der Waals surface area contributed by atoms with E-state index in [0.717, 1.165) is 11.8 Å². The molecule has 41 heavy (non-hydrogen) atoms. The van der Waals surface area contributed by atoms with Gasteiger partial charge in [0.15, 0.2) is 12.4 Å². The number of fused-ring (bicyclic) bond motifs is 7. The molecule has 0 spiro atoms. The number of rotatable bonds is 1. The standard InChI is InChI=1S/C31H26F2N4O4/c32-25-9-6-21-13-24(25)31(39)36-27-16-37(28-10-11-34-15-26(28)33)17-29(27)41-22-7-4-19(5-8-22)14-35-30(38)18-40-23-3-1-2-20(21)12-23/h1-13,15,27,29H,14,16-18H2,(H,35,38)(H,36,39)/t27-,29-/m0/s1. The van der Waals surface area contributed by atoms with Gasteiger partial charge in [0.05, 0.1) is 30.0 Å². The van der Waals surface area contributed by atoms with E-state index in [9.17, 15) is 18.4 Å². The van der Waals surface area contributed by atoms with E-state index in [-0.39, 0.29) is 31.2 Å². The molecule has 2 amide bonds. The molecule has 1 fully saturated rings. The van der Waals surface area contributed by atoms with Crippen LogP contribution >= 0.6 is 0 Å². The Balaban J connectivity index is 1.35. The van der Waals surface area contributed by atoms with E-state index in [0.29, 0.717) is 34.9 Å². The van der Waals surface area contributed by atoms with Gasteiger partial charge in [-0.1, -0.05) is 30.3 Å². The summed E-state index contributed by atoms with van der Waals surface area (Å²) < 4.78 is 41.5. The Morgan fingerprint density at radius 2 is 1.71 bits per heavy atom. The van der Waals surface area contributed by atoms with Gasteiger partial charge in [-0.25, -0.2) is 8.78 Å². The molecular weight excluding hydrogens is 530 g/mol. The monoisotopic (exact) mass is 556 g/mol. The van der Waals surface area contributed by atoms with Gasteiger partial charge in [-0.05, 0) is 59.2 Å². The molecule has 4 aromatic rings. The first-order valence-corrected chi connectivity index (χ1v) is 13.1. The molecule has 1 saturated heterocycles. The van der Waals surface area contributed by atoms with Gasteiger partial charge < -0.3 is 25.0 Å². The molecule has 1 aromatic heterocycles. The fourth-order valence-electron chi connectivity index (χ4n) is 5.00. The second-order valence-corrected chi connectivity index (χ2v) is 9.90. The van der Waals surface area contributed by atoms with Gasteiger partial charge in [0, 0.05) is 19.3 Å². The van der Waals surface area contributed by atoms with Gasteiger partial charge in [0.1, 0.15) is 23.4 Å². The zero-order valence-electron chi connectivity index (χ0n) is 21.8. The molecule has 6 bridgehead atoms. The lowest BCUT2D eigenvalue weighted by Gasteiger charge is -2.21. The summed E-state index contributed by atoms with van der Waals surface area (Å²) in [5, 5.41) is 5.75. The van der Waals surface area contributed by atoms with E-state index < -0.39 is 29.7 Å². The van der Waals surface area contributed by atoms with Gasteiger partial charge in [0.25, 0.3) is 11.8 Å². The predicted molar refractivity (Wildman–Crippen MR) is 148 cm³/mol. The molecular formula is C31H26F2N4O4. The van der Waals surface area contributed by atoms with Crippen LogP contribution in [-0.2, 0) is 11.3 Å². The molecule has 7 rings (SSSR count). The van der Waals surface area contributed by atoms with Crippen LogP contribution in [0.1, 0.15) is 15.9 Å². The minimum atomic E-state index is -0.680. The van der Waals surface area contributed by atoms with Crippen molar-refractivity contribution in [1.82, 2.24) is 15.6 Å². The molecule has 3 aromatic carbocycles. The van der Waals surface area contributed by atoms with Crippen LogP contribution in [0.2, 0.25) is 0 Å². The molecule has 0 aliphatic carbocycles. The minimum Gasteiger partial charge on any atom is -0.486 e. The Labute approximate surface area is 234 Å². The number of nitrogens with zero attached hydrogens (tertiary/aromatic N) is 2. The number of anilines is 1. The summed E-state index contributed by atoms with van der Waals surface area (Å²) >= 11 is 0. The molecule has 3 aliphatic heterocycles. The van der Waals surface area contributed by atoms with Gasteiger partial charge in [-0.2, -0.15) is 0 Å². The van der Waals surface area contributed by atoms with Gasteiger partial charge >= 0.3 is 0 Å². The highest BCUT2D eigenvalue weighted by molar-refractivity contribution is 5.96. The van der Waals surface area contributed by atoms with Crippen LogP contribution in [0, 0.1) is 11.6 Å². The molecule has 8 nitrogen and oxygen atoms in total. The summed E-state index contributed by atoms with van der Waals surface area (Å²) in [6.45, 7) is 0.637. The summed E-state index contributed by atoms with van der Waals surface area (Å²) in [5.41, 5.74) is 2.33. The fourth-order valence-corrected chi connectivity index (χ4v) is 5.00. The van der Waals surface area contributed by atoms with Crippen LogP contribution in [0.15, 0.2) is 85.2 Å². The summed E-state index contributed by atoms with van der Waals surface area (Å²) in [6.07, 6.45) is 2.06. The number of amides is 2. The van der Waals surface area contributed by atoms with Crippen molar-refractivity contribution in [2.45, 2.75) is 18.7 Å². The summed E-state index contributed by atoms with van der Waals surface area (Å²) in [4.78, 5) is 31.4. The number of halogens is 2. The van der Waals surface area contributed by atoms with E-state index in [2.05, 4.69) is 15.6 Å². The maximum Gasteiger partial charge on any atom is 0.258 e. The van der Waals surface area contributed by atoms with E-state index >= 15 is 0 Å². The van der Waals surface area contributed by atoms with Crippen molar-refractivity contribution in [3.63, 3.8) is 0 Å². The van der Waals surface area contributed by atoms with Crippen molar-refractivity contribution < 1.29 is 27.8 Å². The predicted octanol–water partition coefficient (Wildman–Crippen LogP) is 4.10. The van der Waals surface area contributed by atoms with Crippen LogP contribution in [0.3, 0.4) is 0 Å². The summed E-state index contributed by atoms with van der Waals surface area (Å²) in [5.74, 6) is -1.09. The number of aromatic nitrogens is 1. The lowest BCUT2D eigenvalue weighted by Crippen LogP contribution is -2.45. The van der Waals surface area contributed by atoms with E-state index in [1.165, 1.54) is 18.3 Å². The number of hydrogen-bond donors (Lipinski definition) is 2. The van der Waals surface area contributed by atoms with Crippen molar-refractivity contribution in [2.24, 2.45) is 0 Å². The van der Waals surface area contributed by atoms with E-state index in [1.807, 2.05) is 12.1 Å². The first-order chi connectivity index (χ1) is 19.9. The lowest BCUT2D eigenvalue weighted by molar-refractivity contribution is -0.123. The average molecular weight is 557 g/mol. The third-order valence-corrected chi connectivity index (χ3v) is 7.12. The van der Waals surface area contributed by atoms with E-state index in [4.69, 9.17) is 9.47 Å². The number of pyridine rings is 1. The zero-order chi connectivity index (χ0) is 28.3. The quantitative estimate of drug-likeness (QED) is 0.367. The zero-order valence-corrected chi connectivity index (χ0v) is 21.8. The number of nitrogens with one attached hydrogen (secondary N) is 2. The van der Waals surface area contributed by atoms with Crippen LogP contribution in [0.5, 0.6) is 11.5 Å². The molecule has 2 atom stereocenters. The highest BCUT2D eigenvalue weighted by Crippen LogP contribution is 2.28. The minimum absolute atomic E-state index is 0.140. The lowest BCUT2D eigenvalue weighted by atomic mass is 10.0. The third-order valence-electron chi connectivity index (χ3n) is 7.12. The van der Waals surface area contributed by atoms with Crippen molar-refractivity contribution >= 4 is 17.5 Å². The van der Waals surface area contributed by atoms with Crippen molar-refractivity contribution in [3.8, 4) is 22.6 Å². The number of hydrogen-bond acceptors (Lipinski definition) is 6. The van der Waals surface area contributed by atoms with Crippen LogP contribution < -0.4 is 25.0 Å². The first-order valence-electron chi connectivity index (χ1n) is 13.1. The Bertz CT molecular complexity index is 1600. The summed E-state index contributed by atoms with van der Waals surface area (Å²) in [6, 6.07) is 19.4. The smallest absolute Gasteiger partial charge is 0.258 e. The van der Waals surface area contributed by atoms with Crippen LogP contribution in [0.4, 0.5) is 14.5 Å². The number of benzene rings is 3.